The predicted octanol–water partition coefficient (Wildman–Crippen LogP) is 4.45. The third kappa shape index (κ3) is 4.68. The zero-order valence-electron chi connectivity index (χ0n) is 14.1. The highest BCUT2D eigenvalue weighted by Gasteiger charge is 2.14. The maximum Gasteiger partial charge on any atom is 0.225 e. The van der Waals surface area contributed by atoms with E-state index in [0.29, 0.717) is 12.0 Å². The van der Waals surface area contributed by atoms with Crippen molar-refractivity contribution in [2.75, 3.05) is 10.6 Å². The first-order valence-electron chi connectivity index (χ1n) is 8.61. The second-order valence-corrected chi connectivity index (χ2v) is 6.54. The van der Waals surface area contributed by atoms with Crippen LogP contribution in [0.2, 0.25) is 0 Å². The summed E-state index contributed by atoms with van der Waals surface area (Å²) in [6.07, 6.45) is 6.50. The van der Waals surface area contributed by atoms with Gasteiger partial charge in [-0.15, -0.1) is 0 Å². The lowest BCUT2D eigenvalue weighted by molar-refractivity contribution is 0.462. The standard InChI is InChI=1S/C19H26N4/c1-14-8-10-16(11-9-14)13-20-19-21-15(2)12-18(23-19)22-17-6-4-3-5-7-17/h8-12,17H,3-7,13H2,1-2H3,(H2,20,21,22,23). The normalized spacial score (nSPS) is 15.4. The van der Waals surface area contributed by atoms with Crippen molar-refractivity contribution in [1.82, 2.24) is 9.97 Å². The summed E-state index contributed by atoms with van der Waals surface area (Å²) in [6.45, 7) is 4.86. The summed E-state index contributed by atoms with van der Waals surface area (Å²) in [4.78, 5) is 9.12. The number of aromatic nitrogens is 2. The van der Waals surface area contributed by atoms with E-state index < -0.39 is 0 Å². The van der Waals surface area contributed by atoms with E-state index in [1.54, 1.807) is 0 Å². The minimum absolute atomic E-state index is 0.558. The Bertz CT molecular complexity index is 630. The van der Waals surface area contributed by atoms with E-state index in [0.717, 1.165) is 18.1 Å². The van der Waals surface area contributed by atoms with Gasteiger partial charge in [-0.1, -0.05) is 49.1 Å². The maximum atomic E-state index is 4.63. The predicted molar refractivity (Wildman–Crippen MR) is 95.8 cm³/mol. The van der Waals surface area contributed by atoms with Gasteiger partial charge < -0.3 is 10.6 Å². The minimum atomic E-state index is 0.558. The lowest BCUT2D eigenvalue weighted by Gasteiger charge is -2.23. The van der Waals surface area contributed by atoms with Crippen LogP contribution in [-0.2, 0) is 6.54 Å². The van der Waals surface area contributed by atoms with Gasteiger partial charge in [0.25, 0.3) is 0 Å². The van der Waals surface area contributed by atoms with E-state index in [1.807, 2.05) is 13.0 Å². The molecule has 122 valence electrons. The minimum Gasteiger partial charge on any atom is -0.367 e. The van der Waals surface area contributed by atoms with Gasteiger partial charge >= 0.3 is 0 Å². The first kappa shape index (κ1) is 15.8. The maximum absolute atomic E-state index is 4.63. The summed E-state index contributed by atoms with van der Waals surface area (Å²) in [5, 5.41) is 6.91. The topological polar surface area (TPSA) is 49.8 Å². The summed E-state index contributed by atoms with van der Waals surface area (Å²) < 4.78 is 0. The van der Waals surface area contributed by atoms with E-state index in [4.69, 9.17) is 0 Å². The molecule has 1 aromatic carbocycles. The lowest BCUT2D eigenvalue weighted by atomic mass is 9.95. The smallest absolute Gasteiger partial charge is 0.225 e. The van der Waals surface area contributed by atoms with Gasteiger partial charge in [-0.3, -0.25) is 0 Å². The fraction of sp³-hybridized carbons (Fsp3) is 0.474. The van der Waals surface area contributed by atoms with Crippen LogP contribution in [0, 0.1) is 13.8 Å². The zero-order chi connectivity index (χ0) is 16.1. The van der Waals surface area contributed by atoms with Crippen LogP contribution >= 0.6 is 0 Å². The van der Waals surface area contributed by atoms with Gasteiger partial charge in [0, 0.05) is 24.3 Å². The first-order chi connectivity index (χ1) is 11.2. The van der Waals surface area contributed by atoms with Crippen molar-refractivity contribution in [1.29, 1.82) is 0 Å². The van der Waals surface area contributed by atoms with Crippen LogP contribution in [0.15, 0.2) is 30.3 Å². The molecule has 4 nitrogen and oxygen atoms in total. The highest BCUT2D eigenvalue weighted by molar-refractivity contribution is 5.43. The van der Waals surface area contributed by atoms with Gasteiger partial charge in [0.05, 0.1) is 0 Å². The number of hydrogen-bond acceptors (Lipinski definition) is 4. The summed E-state index contributed by atoms with van der Waals surface area (Å²) in [7, 11) is 0. The Kier molecular flexibility index (Phi) is 5.11. The van der Waals surface area contributed by atoms with Crippen molar-refractivity contribution >= 4 is 11.8 Å². The Balaban J connectivity index is 1.63. The van der Waals surface area contributed by atoms with Gasteiger partial charge in [-0.25, -0.2) is 4.98 Å². The molecule has 1 aliphatic rings. The molecule has 0 saturated heterocycles. The van der Waals surface area contributed by atoms with Crippen molar-refractivity contribution in [3.63, 3.8) is 0 Å². The Labute approximate surface area is 138 Å². The average Bonchev–Trinajstić information content (AvgIpc) is 2.55. The molecule has 1 aliphatic carbocycles. The van der Waals surface area contributed by atoms with Crippen molar-refractivity contribution in [2.45, 2.75) is 58.5 Å². The van der Waals surface area contributed by atoms with Gasteiger partial charge in [-0.05, 0) is 32.3 Å². The third-order valence-electron chi connectivity index (χ3n) is 4.38. The molecule has 0 unspecified atom stereocenters. The number of nitrogens with one attached hydrogen (secondary N) is 2. The summed E-state index contributed by atoms with van der Waals surface area (Å²) in [6, 6.07) is 11.1. The summed E-state index contributed by atoms with van der Waals surface area (Å²) in [5.41, 5.74) is 3.51. The number of aryl methyl sites for hydroxylation is 2. The third-order valence-corrected chi connectivity index (χ3v) is 4.38. The molecule has 0 aliphatic heterocycles. The zero-order valence-corrected chi connectivity index (χ0v) is 14.1. The van der Waals surface area contributed by atoms with E-state index in [2.05, 4.69) is 51.8 Å². The van der Waals surface area contributed by atoms with Gasteiger partial charge in [0.1, 0.15) is 5.82 Å². The van der Waals surface area contributed by atoms with Crippen LogP contribution in [0.4, 0.5) is 11.8 Å². The van der Waals surface area contributed by atoms with Gasteiger partial charge in [0.2, 0.25) is 5.95 Å². The van der Waals surface area contributed by atoms with Gasteiger partial charge in [0.15, 0.2) is 0 Å². The molecule has 23 heavy (non-hydrogen) atoms. The molecule has 0 radical (unpaired) electrons. The second kappa shape index (κ2) is 7.44. The van der Waals surface area contributed by atoms with E-state index in [9.17, 15) is 0 Å². The lowest BCUT2D eigenvalue weighted by Crippen LogP contribution is -2.23. The first-order valence-corrected chi connectivity index (χ1v) is 8.61. The van der Waals surface area contributed by atoms with Crippen LogP contribution in [0.25, 0.3) is 0 Å². The largest absolute Gasteiger partial charge is 0.367 e. The highest BCUT2D eigenvalue weighted by Crippen LogP contribution is 2.21. The number of hydrogen-bond donors (Lipinski definition) is 2. The van der Waals surface area contributed by atoms with Crippen molar-refractivity contribution in [3.8, 4) is 0 Å². The molecule has 0 atom stereocenters. The Morgan fingerprint density at radius 3 is 2.48 bits per heavy atom. The monoisotopic (exact) mass is 310 g/mol. The molecule has 1 aromatic heterocycles. The van der Waals surface area contributed by atoms with Crippen LogP contribution in [0.3, 0.4) is 0 Å². The average molecular weight is 310 g/mol. The summed E-state index contributed by atoms with van der Waals surface area (Å²) >= 11 is 0. The molecule has 2 N–H and O–H groups in total. The number of anilines is 2. The van der Waals surface area contributed by atoms with Crippen molar-refractivity contribution < 1.29 is 0 Å². The van der Waals surface area contributed by atoms with Crippen molar-refractivity contribution in [2.24, 2.45) is 0 Å². The second-order valence-electron chi connectivity index (χ2n) is 6.54. The molecule has 1 fully saturated rings. The van der Waals surface area contributed by atoms with Gasteiger partial charge in [-0.2, -0.15) is 4.98 Å². The molecule has 1 saturated carbocycles. The van der Waals surface area contributed by atoms with E-state index in [1.165, 1.54) is 43.2 Å². The summed E-state index contributed by atoms with van der Waals surface area (Å²) in [5.74, 6) is 1.64. The quantitative estimate of drug-likeness (QED) is 0.856. The Hall–Kier alpha value is -2.10. The van der Waals surface area contributed by atoms with Crippen LogP contribution < -0.4 is 10.6 Å². The molecule has 2 aromatic rings. The molecule has 0 spiro atoms. The molecule has 4 heteroatoms. The Morgan fingerprint density at radius 1 is 1.00 bits per heavy atom. The van der Waals surface area contributed by atoms with Crippen LogP contribution in [0.5, 0.6) is 0 Å². The number of benzene rings is 1. The van der Waals surface area contributed by atoms with Crippen LogP contribution in [0.1, 0.15) is 48.9 Å². The van der Waals surface area contributed by atoms with Crippen molar-refractivity contribution in [3.05, 3.63) is 47.2 Å². The fourth-order valence-electron chi connectivity index (χ4n) is 3.06. The molecular weight excluding hydrogens is 284 g/mol. The number of nitrogens with zero attached hydrogens (tertiary/aromatic N) is 2. The molecule has 3 rings (SSSR count). The Morgan fingerprint density at radius 2 is 1.74 bits per heavy atom. The SMILES string of the molecule is Cc1ccc(CNc2nc(C)cc(NC3CCCCC3)n2)cc1. The molecule has 0 amide bonds. The fourth-order valence-corrected chi connectivity index (χ4v) is 3.06. The highest BCUT2D eigenvalue weighted by atomic mass is 15.1. The van der Waals surface area contributed by atoms with E-state index >= 15 is 0 Å². The van der Waals surface area contributed by atoms with E-state index in [-0.39, 0.29) is 0 Å². The molecule has 0 bridgehead atoms. The molecule has 1 heterocycles. The molecular formula is C19H26N4. The number of rotatable bonds is 5. The van der Waals surface area contributed by atoms with Crippen LogP contribution in [-0.4, -0.2) is 16.0 Å².